The smallest absolute Gasteiger partial charge is 0.299 e. The summed E-state index contributed by atoms with van der Waals surface area (Å²) in [7, 11) is -3.20. The first-order valence-electron chi connectivity index (χ1n) is 9.58. The molecule has 1 amide bonds. The monoisotopic (exact) mass is 425 g/mol. The van der Waals surface area contributed by atoms with E-state index in [-0.39, 0.29) is 5.91 Å². The van der Waals surface area contributed by atoms with E-state index in [9.17, 15) is 13.2 Å². The van der Waals surface area contributed by atoms with Gasteiger partial charge in [0.05, 0.1) is 30.0 Å². The van der Waals surface area contributed by atoms with Crippen molar-refractivity contribution in [3.05, 3.63) is 54.1 Å². The summed E-state index contributed by atoms with van der Waals surface area (Å²) in [5.41, 5.74) is 4.09. The van der Waals surface area contributed by atoms with Crippen LogP contribution in [0.2, 0.25) is 0 Å². The minimum atomic E-state index is -3.20. The van der Waals surface area contributed by atoms with E-state index in [1.807, 2.05) is 60.4 Å². The molecular weight excluding hydrogens is 402 g/mol. The van der Waals surface area contributed by atoms with E-state index >= 15 is 0 Å². The van der Waals surface area contributed by atoms with Crippen LogP contribution in [-0.4, -0.2) is 56.1 Å². The molecule has 0 atom stereocenters. The minimum Gasteiger partial charge on any atom is -0.356 e. The highest BCUT2D eigenvalue weighted by Crippen LogP contribution is 2.28. The Morgan fingerprint density at radius 1 is 1.00 bits per heavy atom. The van der Waals surface area contributed by atoms with Crippen LogP contribution < -0.4 is 9.91 Å². The molecule has 0 aliphatic carbocycles. The van der Waals surface area contributed by atoms with Gasteiger partial charge in [0.25, 0.3) is 5.91 Å². The molecule has 0 bridgehead atoms. The van der Waals surface area contributed by atoms with Crippen LogP contribution in [0, 0.1) is 6.92 Å². The van der Waals surface area contributed by atoms with Crippen LogP contribution in [0.4, 0.5) is 17.1 Å². The van der Waals surface area contributed by atoms with Gasteiger partial charge in [0, 0.05) is 18.8 Å². The van der Waals surface area contributed by atoms with Gasteiger partial charge < -0.3 is 4.90 Å². The lowest BCUT2D eigenvalue weighted by molar-refractivity contribution is -0.112. The molecule has 9 heteroatoms. The van der Waals surface area contributed by atoms with Crippen LogP contribution in [0.25, 0.3) is 0 Å². The van der Waals surface area contributed by atoms with Crippen molar-refractivity contribution in [2.24, 2.45) is 10.1 Å². The molecule has 156 valence electrons. The van der Waals surface area contributed by atoms with Gasteiger partial charge in [0.2, 0.25) is 10.0 Å². The lowest BCUT2D eigenvalue weighted by Crippen LogP contribution is -2.30. The number of rotatable bonds is 4. The average Bonchev–Trinajstić information content (AvgIpc) is 3.31. The summed E-state index contributed by atoms with van der Waals surface area (Å²) in [6, 6.07) is 15.0. The zero-order valence-corrected chi connectivity index (χ0v) is 17.9. The summed E-state index contributed by atoms with van der Waals surface area (Å²) < 4.78 is 24.9. The second kappa shape index (κ2) is 7.66. The Hall–Kier alpha value is -3.04. The molecule has 2 aromatic carbocycles. The summed E-state index contributed by atoms with van der Waals surface area (Å²) in [6.45, 7) is 5.14. The molecule has 2 aliphatic rings. The van der Waals surface area contributed by atoms with Gasteiger partial charge in [0.1, 0.15) is 0 Å². The Balaban J connectivity index is 1.56. The molecule has 0 unspecified atom stereocenters. The minimum absolute atomic E-state index is 0.259. The predicted molar refractivity (Wildman–Crippen MR) is 119 cm³/mol. The van der Waals surface area contributed by atoms with Crippen molar-refractivity contribution in [2.45, 2.75) is 13.8 Å². The van der Waals surface area contributed by atoms with E-state index in [2.05, 4.69) is 10.1 Å². The number of hydrazone groups is 1. The Labute approximate surface area is 176 Å². The molecule has 1 saturated heterocycles. The second-order valence-corrected chi connectivity index (χ2v) is 9.39. The van der Waals surface area contributed by atoms with Gasteiger partial charge in [-0.25, -0.2) is 13.4 Å². The SMILES string of the molecule is CC1=NN(c2ccccc2)C(=O)C1=Nc1ccc(N2CCN(S(C)(=O)=O)C2)cc1C. The third-order valence-electron chi connectivity index (χ3n) is 5.18. The number of aryl methyl sites for hydroxylation is 1. The van der Waals surface area contributed by atoms with Crippen molar-refractivity contribution in [1.82, 2.24) is 4.31 Å². The van der Waals surface area contributed by atoms with Crippen LogP contribution in [0.1, 0.15) is 12.5 Å². The molecule has 2 aliphatic heterocycles. The Morgan fingerprint density at radius 2 is 1.73 bits per heavy atom. The first kappa shape index (κ1) is 20.2. The van der Waals surface area contributed by atoms with Crippen molar-refractivity contribution in [2.75, 3.05) is 35.9 Å². The number of aliphatic imine (C=N–C) groups is 1. The van der Waals surface area contributed by atoms with Crippen molar-refractivity contribution in [3.8, 4) is 0 Å². The van der Waals surface area contributed by atoms with Crippen molar-refractivity contribution >= 4 is 44.4 Å². The summed E-state index contributed by atoms with van der Waals surface area (Å²) in [6.07, 6.45) is 1.22. The first-order chi connectivity index (χ1) is 14.2. The maximum atomic E-state index is 12.8. The topological polar surface area (TPSA) is 85.7 Å². The largest absolute Gasteiger partial charge is 0.356 e. The Morgan fingerprint density at radius 3 is 2.37 bits per heavy atom. The molecule has 0 N–H and O–H groups in total. The molecule has 0 radical (unpaired) electrons. The van der Waals surface area contributed by atoms with Gasteiger partial charge in [-0.15, -0.1) is 0 Å². The maximum Gasteiger partial charge on any atom is 0.299 e. The van der Waals surface area contributed by atoms with E-state index in [4.69, 9.17) is 0 Å². The van der Waals surface area contributed by atoms with Crippen molar-refractivity contribution in [3.63, 3.8) is 0 Å². The molecule has 8 nitrogen and oxygen atoms in total. The van der Waals surface area contributed by atoms with Crippen LogP contribution in [0.3, 0.4) is 0 Å². The predicted octanol–water partition coefficient (Wildman–Crippen LogP) is 2.53. The van der Waals surface area contributed by atoms with Gasteiger partial charge in [-0.05, 0) is 49.7 Å². The highest BCUT2D eigenvalue weighted by Gasteiger charge is 2.31. The van der Waals surface area contributed by atoms with Gasteiger partial charge >= 0.3 is 0 Å². The standard InChI is InChI=1S/C21H23N5O3S/c1-15-13-18(24-11-12-25(14-24)30(3,28)29)9-10-19(15)22-20-16(2)23-26(21(20)27)17-7-5-4-6-8-17/h4-10,13H,11-12,14H2,1-3H3. The Kier molecular flexibility index (Phi) is 5.17. The average molecular weight is 426 g/mol. The summed E-state index contributed by atoms with van der Waals surface area (Å²) in [5.74, 6) is -0.259. The molecule has 0 saturated carbocycles. The summed E-state index contributed by atoms with van der Waals surface area (Å²) >= 11 is 0. The van der Waals surface area contributed by atoms with Crippen molar-refractivity contribution < 1.29 is 13.2 Å². The molecule has 2 heterocycles. The number of hydrogen-bond donors (Lipinski definition) is 0. The molecule has 2 aromatic rings. The van der Waals surface area contributed by atoms with E-state index in [1.54, 1.807) is 6.92 Å². The fourth-order valence-corrected chi connectivity index (χ4v) is 4.26. The number of carbonyl (C=O) groups excluding carboxylic acids is 1. The van der Waals surface area contributed by atoms with E-state index in [0.717, 1.165) is 11.3 Å². The molecule has 1 fully saturated rings. The van der Waals surface area contributed by atoms with Gasteiger partial charge in [-0.3, -0.25) is 4.79 Å². The van der Waals surface area contributed by atoms with Gasteiger partial charge in [-0.1, -0.05) is 18.2 Å². The van der Waals surface area contributed by atoms with E-state index in [1.165, 1.54) is 15.6 Å². The number of sulfonamides is 1. The molecule has 4 rings (SSSR count). The number of carbonyl (C=O) groups is 1. The first-order valence-corrected chi connectivity index (χ1v) is 11.4. The zero-order chi connectivity index (χ0) is 21.5. The third-order valence-corrected chi connectivity index (χ3v) is 6.42. The summed E-state index contributed by atoms with van der Waals surface area (Å²) in [4.78, 5) is 19.4. The summed E-state index contributed by atoms with van der Waals surface area (Å²) in [5, 5.41) is 5.72. The van der Waals surface area contributed by atoms with Crippen LogP contribution >= 0.6 is 0 Å². The normalized spacial score (nSPS) is 19.1. The lowest BCUT2D eigenvalue weighted by Gasteiger charge is -2.19. The van der Waals surface area contributed by atoms with Crippen molar-refractivity contribution in [1.29, 1.82) is 0 Å². The number of para-hydroxylation sites is 1. The molecule has 0 aromatic heterocycles. The highest BCUT2D eigenvalue weighted by atomic mass is 32.2. The van der Waals surface area contributed by atoms with Crippen LogP contribution in [0.15, 0.2) is 58.6 Å². The molecule has 30 heavy (non-hydrogen) atoms. The number of benzene rings is 2. The molecule has 0 spiro atoms. The fourth-order valence-electron chi connectivity index (χ4n) is 3.50. The van der Waals surface area contributed by atoms with Gasteiger partial charge in [0.15, 0.2) is 5.71 Å². The number of hydrogen-bond acceptors (Lipinski definition) is 6. The fraction of sp³-hybridized carbons (Fsp3) is 0.286. The second-order valence-electron chi connectivity index (χ2n) is 7.41. The Bertz CT molecular complexity index is 1160. The number of anilines is 2. The van der Waals surface area contributed by atoms with Crippen LogP contribution in [0.5, 0.6) is 0 Å². The highest BCUT2D eigenvalue weighted by molar-refractivity contribution is 7.88. The van der Waals surface area contributed by atoms with Gasteiger partial charge in [-0.2, -0.15) is 14.4 Å². The van der Waals surface area contributed by atoms with E-state index < -0.39 is 10.0 Å². The van der Waals surface area contributed by atoms with Crippen LogP contribution in [-0.2, 0) is 14.8 Å². The number of nitrogens with zero attached hydrogens (tertiary/aromatic N) is 5. The lowest BCUT2D eigenvalue weighted by atomic mass is 10.1. The van der Waals surface area contributed by atoms with E-state index in [0.29, 0.717) is 42.6 Å². The quantitative estimate of drug-likeness (QED) is 0.753. The maximum absolute atomic E-state index is 12.8. The number of amides is 1. The zero-order valence-electron chi connectivity index (χ0n) is 17.1. The molecular formula is C21H23N5O3S. The third kappa shape index (κ3) is 3.86.